The molecule has 0 aliphatic carbocycles. The molecule has 0 unspecified atom stereocenters. The fourth-order valence-electron chi connectivity index (χ4n) is 9.40. The predicted octanol–water partition coefficient (Wildman–Crippen LogP) is 16.5. The van der Waals surface area contributed by atoms with Crippen LogP contribution in [-0.2, 0) is 0 Å². The normalized spacial score (nSPS) is 11.4. The first-order valence-electron chi connectivity index (χ1n) is 21.7. The van der Waals surface area contributed by atoms with Crippen molar-refractivity contribution in [3.05, 3.63) is 243 Å². The zero-order valence-corrected chi connectivity index (χ0v) is 34.9. The molecule has 0 saturated heterocycles. The lowest BCUT2D eigenvalue weighted by Crippen LogP contribution is -2.12. The second-order valence-electron chi connectivity index (χ2n) is 16.2. The van der Waals surface area contributed by atoms with Crippen LogP contribution >= 0.6 is 0 Å². The van der Waals surface area contributed by atoms with Crippen LogP contribution < -0.4 is 9.80 Å². The molecular formula is C60H40N4. The molecule has 2 aromatic heterocycles. The van der Waals surface area contributed by atoms with E-state index in [2.05, 4.69) is 226 Å². The molecule has 10 aromatic carbocycles. The summed E-state index contributed by atoms with van der Waals surface area (Å²) in [6, 6.07) is 83.1. The van der Waals surface area contributed by atoms with E-state index in [1.54, 1.807) is 0 Å². The third-order valence-electron chi connectivity index (χ3n) is 12.5. The molecule has 0 fully saturated rings. The zero-order chi connectivity index (χ0) is 42.4. The molecule has 12 rings (SSSR count). The number of pyridine rings is 2. The number of hydrogen-bond donors (Lipinski definition) is 0. The van der Waals surface area contributed by atoms with Gasteiger partial charge in [-0.3, -0.25) is 9.97 Å². The highest BCUT2D eigenvalue weighted by Gasteiger charge is 2.23. The van der Waals surface area contributed by atoms with Gasteiger partial charge in [-0.25, -0.2) is 0 Å². The quantitative estimate of drug-likeness (QED) is 0.143. The van der Waals surface area contributed by atoms with E-state index in [9.17, 15) is 0 Å². The minimum Gasteiger partial charge on any atom is -0.310 e. The maximum Gasteiger partial charge on any atom is 0.0701 e. The van der Waals surface area contributed by atoms with E-state index in [1.807, 2.05) is 36.7 Å². The Morgan fingerprint density at radius 2 is 0.609 bits per heavy atom. The molecule has 12 aromatic rings. The number of aromatic nitrogens is 2. The molecule has 2 heterocycles. The first-order valence-corrected chi connectivity index (χ1v) is 21.7. The van der Waals surface area contributed by atoms with E-state index in [1.165, 1.54) is 43.1 Å². The van der Waals surface area contributed by atoms with Gasteiger partial charge in [0.2, 0.25) is 0 Å². The standard InChI is InChI=1S/C60H40N4/c1-3-15-45-37-49(33-23-41(45)13-1)63(47-29-25-43(26-30-47)57-21-9-11-35-61-57)59-39-55-52-18-6-8-20-54(52)60(40-56(55)51-17-5-7-19-53(51)59)64(50-34-24-42-14-2-4-16-46(42)38-50)48-31-27-44(28-32-48)58-22-10-12-36-62-58/h1-40H. The summed E-state index contributed by atoms with van der Waals surface area (Å²) in [5, 5.41) is 11.9. The van der Waals surface area contributed by atoms with Crippen LogP contribution in [0.5, 0.6) is 0 Å². The Bertz CT molecular complexity index is 3420. The van der Waals surface area contributed by atoms with Gasteiger partial charge in [0.15, 0.2) is 0 Å². The molecule has 4 nitrogen and oxygen atoms in total. The fraction of sp³-hybridized carbons (Fsp3) is 0. The highest BCUT2D eigenvalue weighted by molar-refractivity contribution is 6.24. The van der Waals surface area contributed by atoms with Crippen LogP contribution in [0.2, 0.25) is 0 Å². The van der Waals surface area contributed by atoms with E-state index in [0.29, 0.717) is 0 Å². The van der Waals surface area contributed by atoms with Crippen molar-refractivity contribution in [2.45, 2.75) is 0 Å². The predicted molar refractivity (Wildman–Crippen MR) is 270 cm³/mol. The summed E-state index contributed by atoms with van der Waals surface area (Å²) < 4.78 is 0. The molecule has 0 saturated carbocycles. The number of rotatable bonds is 8. The Labute approximate surface area is 371 Å². The van der Waals surface area contributed by atoms with Crippen LogP contribution in [0.25, 0.3) is 76.4 Å². The van der Waals surface area contributed by atoms with E-state index in [-0.39, 0.29) is 0 Å². The topological polar surface area (TPSA) is 32.3 Å². The number of fused-ring (bicyclic) bond motifs is 7. The molecule has 300 valence electrons. The summed E-state index contributed by atoms with van der Waals surface area (Å²) in [5.74, 6) is 0. The minimum absolute atomic E-state index is 0.951. The van der Waals surface area contributed by atoms with Gasteiger partial charge in [-0.1, -0.05) is 146 Å². The van der Waals surface area contributed by atoms with Gasteiger partial charge in [-0.05, 0) is 128 Å². The lowest BCUT2D eigenvalue weighted by Gasteiger charge is -2.30. The first-order chi connectivity index (χ1) is 31.7. The third-order valence-corrected chi connectivity index (χ3v) is 12.5. The van der Waals surface area contributed by atoms with Gasteiger partial charge < -0.3 is 9.80 Å². The van der Waals surface area contributed by atoms with Crippen LogP contribution in [0, 0.1) is 0 Å². The van der Waals surface area contributed by atoms with Gasteiger partial charge in [-0.15, -0.1) is 0 Å². The van der Waals surface area contributed by atoms with Gasteiger partial charge in [0.1, 0.15) is 0 Å². The Kier molecular flexibility index (Phi) is 9.12. The number of hydrogen-bond acceptors (Lipinski definition) is 4. The van der Waals surface area contributed by atoms with E-state index in [0.717, 1.165) is 67.4 Å². The minimum atomic E-state index is 0.951. The van der Waals surface area contributed by atoms with Crippen LogP contribution in [0.3, 0.4) is 0 Å². The van der Waals surface area contributed by atoms with Gasteiger partial charge in [0.05, 0.1) is 22.8 Å². The molecular weight excluding hydrogens is 777 g/mol. The monoisotopic (exact) mass is 816 g/mol. The van der Waals surface area contributed by atoms with Crippen molar-refractivity contribution in [1.29, 1.82) is 0 Å². The molecule has 0 aliphatic heterocycles. The van der Waals surface area contributed by atoms with E-state index in [4.69, 9.17) is 0 Å². The smallest absolute Gasteiger partial charge is 0.0701 e. The van der Waals surface area contributed by atoms with Gasteiger partial charge in [0.25, 0.3) is 0 Å². The summed E-state index contributed by atoms with van der Waals surface area (Å²) in [7, 11) is 0. The van der Waals surface area contributed by atoms with Crippen molar-refractivity contribution >= 4 is 88.0 Å². The molecule has 0 atom stereocenters. The lowest BCUT2D eigenvalue weighted by molar-refractivity contribution is 1.29. The Morgan fingerprint density at radius 3 is 1.02 bits per heavy atom. The van der Waals surface area contributed by atoms with Crippen molar-refractivity contribution in [2.24, 2.45) is 0 Å². The average molecular weight is 817 g/mol. The molecule has 0 amide bonds. The van der Waals surface area contributed by atoms with Crippen LogP contribution in [0.4, 0.5) is 34.1 Å². The molecule has 0 aliphatic rings. The summed E-state index contributed by atoms with van der Waals surface area (Å²) in [6.07, 6.45) is 3.70. The van der Waals surface area contributed by atoms with E-state index < -0.39 is 0 Å². The average Bonchev–Trinajstić information content (AvgIpc) is 3.37. The molecule has 0 spiro atoms. The van der Waals surface area contributed by atoms with Crippen LogP contribution in [0.1, 0.15) is 0 Å². The molecule has 0 bridgehead atoms. The Hall–Kier alpha value is -8.60. The van der Waals surface area contributed by atoms with Crippen LogP contribution in [0.15, 0.2) is 243 Å². The fourth-order valence-corrected chi connectivity index (χ4v) is 9.40. The Morgan fingerprint density at radius 1 is 0.250 bits per heavy atom. The summed E-state index contributed by atoms with van der Waals surface area (Å²) >= 11 is 0. The van der Waals surface area contributed by atoms with Crippen molar-refractivity contribution < 1.29 is 0 Å². The zero-order valence-electron chi connectivity index (χ0n) is 34.9. The summed E-state index contributed by atoms with van der Waals surface area (Å²) in [5.41, 5.74) is 10.6. The summed E-state index contributed by atoms with van der Waals surface area (Å²) in [6.45, 7) is 0. The SMILES string of the molecule is c1ccc(-c2ccc(N(c3ccc4ccccc4c3)c3cc4c5ccccc5c(N(c5ccc(-c6ccccn6)cc5)c5ccc6ccccc6c5)cc4c4ccccc34)cc2)nc1. The van der Waals surface area contributed by atoms with Crippen LogP contribution in [-0.4, -0.2) is 9.97 Å². The number of anilines is 6. The molecule has 4 heteroatoms. The maximum absolute atomic E-state index is 4.65. The highest BCUT2D eigenvalue weighted by atomic mass is 15.2. The first kappa shape index (κ1) is 37.2. The third kappa shape index (κ3) is 6.57. The molecule has 0 N–H and O–H groups in total. The second kappa shape index (κ2) is 15.7. The van der Waals surface area contributed by atoms with E-state index >= 15 is 0 Å². The van der Waals surface area contributed by atoms with Crippen molar-refractivity contribution in [3.8, 4) is 22.5 Å². The largest absolute Gasteiger partial charge is 0.310 e. The Balaban J connectivity index is 1.10. The van der Waals surface area contributed by atoms with Gasteiger partial charge in [0, 0.05) is 57.0 Å². The van der Waals surface area contributed by atoms with Crippen molar-refractivity contribution in [1.82, 2.24) is 9.97 Å². The molecule has 0 radical (unpaired) electrons. The van der Waals surface area contributed by atoms with Crippen molar-refractivity contribution in [3.63, 3.8) is 0 Å². The van der Waals surface area contributed by atoms with Gasteiger partial charge in [-0.2, -0.15) is 0 Å². The lowest BCUT2D eigenvalue weighted by atomic mass is 9.93. The van der Waals surface area contributed by atoms with Crippen molar-refractivity contribution in [2.75, 3.05) is 9.80 Å². The highest BCUT2D eigenvalue weighted by Crippen LogP contribution is 2.48. The summed E-state index contributed by atoms with van der Waals surface area (Å²) in [4.78, 5) is 14.1. The second-order valence-corrected chi connectivity index (χ2v) is 16.2. The molecule has 64 heavy (non-hydrogen) atoms. The maximum atomic E-state index is 4.65. The number of benzene rings is 10. The van der Waals surface area contributed by atoms with Gasteiger partial charge >= 0.3 is 0 Å². The number of nitrogens with zero attached hydrogens (tertiary/aromatic N) is 4.